The Morgan fingerprint density at radius 1 is 1.08 bits per heavy atom. The summed E-state index contributed by atoms with van der Waals surface area (Å²) in [7, 11) is 0. The minimum Gasteiger partial charge on any atom is -0.478 e. The molecule has 192 valence electrons. The van der Waals surface area contributed by atoms with Gasteiger partial charge >= 0.3 is 5.97 Å². The van der Waals surface area contributed by atoms with Crippen LogP contribution in [0.25, 0.3) is 0 Å². The molecule has 1 saturated heterocycles. The number of carboxylic acids is 1. The number of carboxylic acid groups (broad SMARTS) is 1. The number of rotatable bonds is 8. The van der Waals surface area contributed by atoms with Crippen molar-refractivity contribution in [2.75, 3.05) is 18.0 Å². The monoisotopic (exact) mass is 520 g/mol. The number of carbonyl (C=O) groups is 2. The van der Waals surface area contributed by atoms with Crippen LogP contribution in [0.3, 0.4) is 0 Å². The molecule has 0 radical (unpaired) electrons. The van der Waals surface area contributed by atoms with E-state index in [2.05, 4.69) is 11.4 Å². The van der Waals surface area contributed by atoms with E-state index >= 15 is 0 Å². The lowest BCUT2D eigenvalue weighted by atomic mass is 9.88. The maximum absolute atomic E-state index is 12.1. The molecular formula is C29H29ClN2O5. The Morgan fingerprint density at radius 3 is 2.65 bits per heavy atom. The number of aliphatic hydroxyl groups excluding tert-OH is 1. The molecule has 3 aromatic rings. The number of anilines is 1. The van der Waals surface area contributed by atoms with Gasteiger partial charge in [-0.3, -0.25) is 4.79 Å². The number of nitrogens with zero attached hydrogens (tertiary/aromatic N) is 1. The summed E-state index contributed by atoms with van der Waals surface area (Å²) in [6, 6.07) is 18.2. The Bertz CT molecular complexity index is 1330. The number of halogens is 1. The first-order chi connectivity index (χ1) is 17.9. The highest BCUT2D eigenvalue weighted by molar-refractivity contribution is 6.30. The highest BCUT2D eigenvalue weighted by atomic mass is 35.5. The third kappa shape index (κ3) is 5.80. The minimum atomic E-state index is -1.10. The van der Waals surface area contributed by atoms with Crippen LogP contribution < -0.4 is 15.0 Å². The molecule has 1 amide bonds. The van der Waals surface area contributed by atoms with Gasteiger partial charge < -0.3 is 25.2 Å². The first-order valence-corrected chi connectivity index (χ1v) is 12.9. The molecule has 1 heterocycles. The Hall–Kier alpha value is -3.39. The Balaban J connectivity index is 1.26. The Morgan fingerprint density at radius 2 is 1.89 bits per heavy atom. The van der Waals surface area contributed by atoms with Gasteiger partial charge in [0.2, 0.25) is 5.91 Å². The van der Waals surface area contributed by atoms with Crippen molar-refractivity contribution in [2.24, 2.45) is 0 Å². The highest BCUT2D eigenvalue weighted by Gasteiger charge is 2.26. The standard InChI is InChI=1S/C29H29ClN2O5/c30-21-4-1-3-19(13-21)27(33)17-31-22-8-6-18-7-9-23(15-20(18)14-22)37-24-10-11-26(25(16-24)29(35)36)32-12-2-5-28(32)34/h1,3-4,7,9-11,13,15-16,22,27,31,33H,2,5-6,8,12,14,17H2,(H,35,36)/t22-,27-/m0/s1. The molecule has 0 unspecified atom stereocenters. The summed E-state index contributed by atoms with van der Waals surface area (Å²) < 4.78 is 6.04. The van der Waals surface area contributed by atoms with Crippen molar-refractivity contribution in [3.05, 3.63) is 87.9 Å². The molecule has 37 heavy (non-hydrogen) atoms. The fourth-order valence-electron chi connectivity index (χ4n) is 5.11. The number of fused-ring (bicyclic) bond motifs is 1. The summed E-state index contributed by atoms with van der Waals surface area (Å²) in [5.74, 6) is -0.129. The maximum Gasteiger partial charge on any atom is 0.337 e. The van der Waals surface area contributed by atoms with E-state index in [1.54, 1.807) is 24.3 Å². The van der Waals surface area contributed by atoms with E-state index in [1.807, 2.05) is 24.3 Å². The average Bonchev–Trinajstić information content (AvgIpc) is 3.32. The van der Waals surface area contributed by atoms with Crippen molar-refractivity contribution < 1.29 is 24.5 Å². The first kappa shape index (κ1) is 25.3. The Labute approximate surface area is 220 Å². The Kier molecular flexibility index (Phi) is 7.46. The van der Waals surface area contributed by atoms with Gasteiger partial charge in [0.15, 0.2) is 0 Å². The zero-order valence-corrected chi connectivity index (χ0v) is 21.1. The predicted molar refractivity (Wildman–Crippen MR) is 142 cm³/mol. The summed E-state index contributed by atoms with van der Waals surface area (Å²) in [6.45, 7) is 0.954. The van der Waals surface area contributed by atoms with Crippen LogP contribution in [0.4, 0.5) is 5.69 Å². The van der Waals surface area contributed by atoms with E-state index in [0.717, 1.165) is 36.8 Å². The molecule has 5 rings (SSSR count). The molecule has 3 aromatic carbocycles. The van der Waals surface area contributed by atoms with Crippen molar-refractivity contribution in [3.8, 4) is 11.5 Å². The number of aryl methyl sites for hydroxylation is 1. The summed E-state index contributed by atoms with van der Waals surface area (Å²) >= 11 is 6.05. The SMILES string of the molecule is O=C(O)c1cc(Oc2ccc3c(c2)C[C@@H](NC[C@H](O)c2cccc(Cl)c2)CC3)ccc1N1CCCC1=O. The fourth-order valence-corrected chi connectivity index (χ4v) is 5.30. The predicted octanol–water partition coefficient (Wildman–Crippen LogP) is 5.14. The number of aromatic carboxylic acids is 1. The maximum atomic E-state index is 12.1. The third-order valence-electron chi connectivity index (χ3n) is 7.04. The van der Waals surface area contributed by atoms with Gasteiger partial charge in [0.05, 0.1) is 17.4 Å². The molecule has 3 N–H and O–H groups in total. The quantitative estimate of drug-likeness (QED) is 0.380. The van der Waals surface area contributed by atoms with Crippen LogP contribution in [-0.4, -0.2) is 41.2 Å². The third-order valence-corrected chi connectivity index (χ3v) is 7.27. The second kappa shape index (κ2) is 10.9. The number of benzene rings is 3. The molecule has 0 saturated carbocycles. The molecule has 1 aliphatic heterocycles. The lowest BCUT2D eigenvalue weighted by Gasteiger charge is -2.27. The number of aliphatic hydroxyl groups is 1. The van der Waals surface area contributed by atoms with E-state index in [-0.39, 0.29) is 17.5 Å². The zero-order chi connectivity index (χ0) is 25.9. The minimum absolute atomic E-state index is 0.0493. The highest BCUT2D eigenvalue weighted by Crippen LogP contribution is 2.33. The number of nitrogens with one attached hydrogen (secondary N) is 1. The molecule has 8 heteroatoms. The number of carbonyl (C=O) groups excluding carboxylic acids is 1. The van der Waals surface area contributed by atoms with Crippen molar-refractivity contribution >= 4 is 29.2 Å². The summed E-state index contributed by atoms with van der Waals surface area (Å²) in [5, 5.41) is 24.4. The molecule has 2 aliphatic rings. The molecule has 1 aliphatic carbocycles. The molecule has 0 spiro atoms. The van der Waals surface area contributed by atoms with Crippen LogP contribution in [0.1, 0.15) is 52.4 Å². The number of hydrogen-bond acceptors (Lipinski definition) is 5. The van der Waals surface area contributed by atoms with Crippen molar-refractivity contribution in [1.82, 2.24) is 5.32 Å². The van der Waals surface area contributed by atoms with Gasteiger partial charge in [-0.15, -0.1) is 0 Å². The molecule has 0 bridgehead atoms. The van der Waals surface area contributed by atoms with Gasteiger partial charge in [-0.2, -0.15) is 0 Å². The van der Waals surface area contributed by atoms with Crippen LogP contribution in [0.15, 0.2) is 60.7 Å². The van der Waals surface area contributed by atoms with Gasteiger partial charge in [-0.1, -0.05) is 29.8 Å². The summed E-state index contributed by atoms with van der Waals surface area (Å²) in [5.41, 5.74) is 3.66. The van der Waals surface area contributed by atoms with E-state index in [0.29, 0.717) is 41.7 Å². The van der Waals surface area contributed by atoms with E-state index in [4.69, 9.17) is 16.3 Å². The normalized spacial score (nSPS) is 17.9. The van der Waals surface area contributed by atoms with Gasteiger partial charge in [-0.05, 0) is 84.8 Å². The van der Waals surface area contributed by atoms with Crippen LogP contribution >= 0.6 is 11.6 Å². The second-order valence-electron chi connectivity index (χ2n) is 9.58. The second-order valence-corrected chi connectivity index (χ2v) is 10.0. The molecular weight excluding hydrogens is 492 g/mol. The van der Waals surface area contributed by atoms with Gasteiger partial charge in [0, 0.05) is 30.6 Å². The molecule has 7 nitrogen and oxygen atoms in total. The number of hydrogen-bond donors (Lipinski definition) is 3. The lowest BCUT2D eigenvalue weighted by Crippen LogP contribution is -2.37. The van der Waals surface area contributed by atoms with E-state index in [9.17, 15) is 19.8 Å². The van der Waals surface area contributed by atoms with Crippen LogP contribution in [0.2, 0.25) is 5.02 Å². The van der Waals surface area contributed by atoms with Gasteiger partial charge in [0.25, 0.3) is 0 Å². The van der Waals surface area contributed by atoms with Crippen LogP contribution in [-0.2, 0) is 17.6 Å². The van der Waals surface area contributed by atoms with Gasteiger partial charge in [-0.25, -0.2) is 4.79 Å². The van der Waals surface area contributed by atoms with E-state index in [1.165, 1.54) is 16.5 Å². The molecule has 1 fully saturated rings. The summed E-state index contributed by atoms with van der Waals surface area (Å²) in [6.07, 6.45) is 3.20. The first-order valence-electron chi connectivity index (χ1n) is 12.5. The van der Waals surface area contributed by atoms with Crippen molar-refractivity contribution in [2.45, 2.75) is 44.2 Å². The van der Waals surface area contributed by atoms with Crippen molar-refractivity contribution in [3.63, 3.8) is 0 Å². The largest absolute Gasteiger partial charge is 0.478 e. The zero-order valence-electron chi connectivity index (χ0n) is 20.3. The smallest absolute Gasteiger partial charge is 0.337 e. The lowest BCUT2D eigenvalue weighted by molar-refractivity contribution is -0.117. The van der Waals surface area contributed by atoms with Gasteiger partial charge in [0.1, 0.15) is 11.5 Å². The number of ether oxygens (including phenoxy) is 1. The topological polar surface area (TPSA) is 99.1 Å². The summed E-state index contributed by atoms with van der Waals surface area (Å²) in [4.78, 5) is 25.6. The van der Waals surface area contributed by atoms with E-state index < -0.39 is 12.1 Å². The van der Waals surface area contributed by atoms with Crippen molar-refractivity contribution in [1.29, 1.82) is 0 Å². The van der Waals surface area contributed by atoms with Crippen LogP contribution in [0, 0.1) is 0 Å². The average molecular weight is 521 g/mol. The fraction of sp³-hybridized carbons (Fsp3) is 0.310. The van der Waals surface area contributed by atoms with Crippen LogP contribution in [0.5, 0.6) is 11.5 Å². The number of amides is 1. The molecule has 2 atom stereocenters. The molecule has 0 aromatic heterocycles.